The molecule has 0 aliphatic carbocycles. The smallest absolute Gasteiger partial charge is 0.251 e. The van der Waals surface area contributed by atoms with E-state index in [9.17, 15) is 18.0 Å². The molecule has 0 aromatic heterocycles. The Labute approximate surface area is 199 Å². The third-order valence-corrected chi connectivity index (χ3v) is 7.68. The van der Waals surface area contributed by atoms with E-state index >= 15 is 0 Å². The number of carbonyl (C=O) groups excluding carboxylic acids is 2. The van der Waals surface area contributed by atoms with Crippen LogP contribution < -0.4 is 10.6 Å². The van der Waals surface area contributed by atoms with Gasteiger partial charge in [0.15, 0.2) is 0 Å². The highest BCUT2D eigenvalue weighted by Crippen LogP contribution is 2.21. The lowest BCUT2D eigenvalue weighted by Crippen LogP contribution is -2.47. The number of hydrogen-bond acceptors (Lipinski definition) is 5. The molecule has 33 heavy (non-hydrogen) atoms. The predicted octanol–water partition coefficient (Wildman–Crippen LogP) is 3.06. The van der Waals surface area contributed by atoms with Crippen molar-refractivity contribution in [2.45, 2.75) is 31.7 Å². The second kappa shape index (κ2) is 10.6. The van der Waals surface area contributed by atoms with Gasteiger partial charge in [0.1, 0.15) is 6.04 Å². The van der Waals surface area contributed by atoms with Crippen molar-refractivity contribution in [3.05, 3.63) is 58.6 Å². The number of nitrogens with one attached hydrogen (secondary N) is 2. The second-order valence-electron chi connectivity index (χ2n) is 8.19. The standard InChI is InChI=1S/C23H28ClN3O5S/c1-15(2)21(23(29)25-18-8-7-16(3)20(24)14-18)26-22(28)17-5-4-6-19(13-17)33(30,31)27-9-11-32-12-10-27/h4-8,13-15,21H,9-12H2,1-3H3,(H,25,29)(H,26,28)/t21-/m0/s1. The van der Waals surface area contributed by atoms with Crippen LogP contribution in [0.15, 0.2) is 47.4 Å². The number of ether oxygens (including phenoxy) is 1. The number of halogens is 1. The Balaban J connectivity index is 1.75. The molecule has 1 atom stereocenters. The first-order chi connectivity index (χ1) is 15.6. The highest BCUT2D eigenvalue weighted by atomic mass is 35.5. The highest BCUT2D eigenvalue weighted by Gasteiger charge is 2.28. The summed E-state index contributed by atoms with van der Waals surface area (Å²) in [5.41, 5.74) is 1.56. The zero-order valence-corrected chi connectivity index (χ0v) is 20.4. The van der Waals surface area contributed by atoms with Crippen molar-refractivity contribution >= 4 is 39.1 Å². The SMILES string of the molecule is Cc1ccc(NC(=O)[C@@H](NC(=O)c2cccc(S(=O)(=O)N3CCOCC3)c2)C(C)C)cc1Cl. The number of amides is 2. The Kier molecular flexibility index (Phi) is 8.12. The molecule has 0 unspecified atom stereocenters. The normalized spacial score (nSPS) is 15.8. The topological polar surface area (TPSA) is 105 Å². The molecule has 0 spiro atoms. The summed E-state index contributed by atoms with van der Waals surface area (Å²) < 4.78 is 32.4. The summed E-state index contributed by atoms with van der Waals surface area (Å²) in [6, 6.07) is 10.2. The van der Waals surface area contributed by atoms with Crippen molar-refractivity contribution in [1.29, 1.82) is 0 Å². The van der Waals surface area contributed by atoms with E-state index in [-0.39, 0.29) is 29.5 Å². The zero-order valence-electron chi connectivity index (χ0n) is 18.8. The molecule has 2 N–H and O–H groups in total. The molecule has 8 nitrogen and oxygen atoms in total. The van der Waals surface area contributed by atoms with Gasteiger partial charge in [-0.2, -0.15) is 4.31 Å². The van der Waals surface area contributed by atoms with E-state index in [0.717, 1.165) is 5.56 Å². The number of sulfonamides is 1. The average Bonchev–Trinajstić information content (AvgIpc) is 2.80. The number of benzene rings is 2. The van der Waals surface area contributed by atoms with Gasteiger partial charge in [0.05, 0.1) is 18.1 Å². The van der Waals surface area contributed by atoms with Crippen LogP contribution >= 0.6 is 11.6 Å². The molecule has 1 saturated heterocycles. The molecule has 1 heterocycles. The van der Waals surface area contributed by atoms with E-state index < -0.39 is 27.9 Å². The van der Waals surface area contributed by atoms with Crippen molar-refractivity contribution in [1.82, 2.24) is 9.62 Å². The predicted molar refractivity (Wildman–Crippen MR) is 127 cm³/mol. The molecule has 2 aromatic rings. The number of nitrogens with zero attached hydrogens (tertiary/aromatic N) is 1. The van der Waals surface area contributed by atoms with Crippen molar-refractivity contribution in [3.8, 4) is 0 Å². The molecular formula is C23H28ClN3O5S. The number of morpholine rings is 1. The summed E-state index contributed by atoms with van der Waals surface area (Å²) in [6.45, 7) is 6.67. The van der Waals surface area contributed by atoms with Crippen LogP contribution in [-0.4, -0.2) is 56.9 Å². The van der Waals surface area contributed by atoms with Gasteiger partial charge in [-0.1, -0.05) is 37.6 Å². The number of hydrogen-bond donors (Lipinski definition) is 2. The lowest BCUT2D eigenvalue weighted by molar-refractivity contribution is -0.118. The molecule has 1 fully saturated rings. The molecule has 1 aliphatic rings. The Morgan fingerprint density at radius 1 is 1.09 bits per heavy atom. The summed E-state index contributed by atoms with van der Waals surface area (Å²) in [4.78, 5) is 25.8. The maximum absolute atomic E-state index is 12.9. The lowest BCUT2D eigenvalue weighted by Gasteiger charge is -2.26. The van der Waals surface area contributed by atoms with Crippen LogP contribution in [0.4, 0.5) is 5.69 Å². The zero-order chi connectivity index (χ0) is 24.2. The van der Waals surface area contributed by atoms with Gasteiger partial charge in [0.25, 0.3) is 5.91 Å². The minimum atomic E-state index is -3.75. The maximum atomic E-state index is 12.9. The van der Waals surface area contributed by atoms with Crippen LogP contribution in [0, 0.1) is 12.8 Å². The van der Waals surface area contributed by atoms with Crippen molar-refractivity contribution in [3.63, 3.8) is 0 Å². The fourth-order valence-electron chi connectivity index (χ4n) is 3.38. The summed E-state index contributed by atoms with van der Waals surface area (Å²) in [5.74, 6) is -1.14. The fourth-order valence-corrected chi connectivity index (χ4v) is 5.02. The highest BCUT2D eigenvalue weighted by molar-refractivity contribution is 7.89. The lowest BCUT2D eigenvalue weighted by atomic mass is 10.0. The van der Waals surface area contributed by atoms with Gasteiger partial charge < -0.3 is 15.4 Å². The summed E-state index contributed by atoms with van der Waals surface area (Å²) in [7, 11) is -3.75. The molecule has 178 valence electrons. The van der Waals surface area contributed by atoms with Crippen molar-refractivity contribution in [2.24, 2.45) is 5.92 Å². The minimum absolute atomic E-state index is 0.0249. The van der Waals surface area contributed by atoms with Gasteiger partial charge in [-0.05, 0) is 48.7 Å². The maximum Gasteiger partial charge on any atom is 0.251 e. The molecule has 0 saturated carbocycles. The number of carbonyl (C=O) groups is 2. The van der Waals surface area contributed by atoms with E-state index in [0.29, 0.717) is 23.9 Å². The van der Waals surface area contributed by atoms with Crippen LogP contribution in [0.2, 0.25) is 5.02 Å². The second-order valence-corrected chi connectivity index (χ2v) is 10.5. The Hall–Kier alpha value is -2.46. The first-order valence-corrected chi connectivity index (χ1v) is 12.5. The Bertz CT molecular complexity index is 1130. The van der Waals surface area contributed by atoms with Crippen LogP contribution in [-0.2, 0) is 19.6 Å². The van der Waals surface area contributed by atoms with Gasteiger partial charge in [0, 0.05) is 29.4 Å². The molecule has 10 heteroatoms. The summed E-state index contributed by atoms with van der Waals surface area (Å²) in [6.07, 6.45) is 0. The van der Waals surface area contributed by atoms with Crippen molar-refractivity contribution in [2.75, 3.05) is 31.6 Å². The molecular weight excluding hydrogens is 466 g/mol. The van der Waals surface area contributed by atoms with Crippen molar-refractivity contribution < 1.29 is 22.7 Å². The van der Waals surface area contributed by atoms with E-state index in [1.807, 2.05) is 20.8 Å². The van der Waals surface area contributed by atoms with Gasteiger partial charge >= 0.3 is 0 Å². The number of anilines is 1. The monoisotopic (exact) mass is 493 g/mol. The largest absolute Gasteiger partial charge is 0.379 e. The fraction of sp³-hybridized carbons (Fsp3) is 0.391. The average molecular weight is 494 g/mol. The Morgan fingerprint density at radius 2 is 1.79 bits per heavy atom. The van der Waals surface area contributed by atoms with E-state index in [4.69, 9.17) is 16.3 Å². The molecule has 2 amide bonds. The van der Waals surface area contributed by atoms with Gasteiger partial charge in [-0.3, -0.25) is 9.59 Å². The third kappa shape index (κ3) is 6.11. The van der Waals surface area contributed by atoms with Crippen LogP contribution in [0.25, 0.3) is 0 Å². The summed E-state index contributed by atoms with van der Waals surface area (Å²) in [5, 5.41) is 6.02. The van der Waals surface area contributed by atoms with Gasteiger partial charge in [-0.15, -0.1) is 0 Å². The molecule has 3 rings (SSSR count). The quantitative estimate of drug-likeness (QED) is 0.616. The minimum Gasteiger partial charge on any atom is -0.379 e. The van der Waals surface area contributed by atoms with Gasteiger partial charge in [0.2, 0.25) is 15.9 Å². The van der Waals surface area contributed by atoms with Crippen LogP contribution in [0.1, 0.15) is 29.8 Å². The molecule has 0 radical (unpaired) electrons. The number of rotatable bonds is 7. The first-order valence-electron chi connectivity index (χ1n) is 10.7. The number of aryl methyl sites for hydroxylation is 1. The van der Waals surface area contributed by atoms with E-state index in [1.165, 1.54) is 28.6 Å². The first kappa shape index (κ1) is 25.2. The van der Waals surface area contributed by atoms with Crippen LogP contribution in [0.5, 0.6) is 0 Å². The van der Waals surface area contributed by atoms with E-state index in [1.54, 1.807) is 18.2 Å². The van der Waals surface area contributed by atoms with Crippen LogP contribution in [0.3, 0.4) is 0 Å². The van der Waals surface area contributed by atoms with Gasteiger partial charge in [-0.25, -0.2) is 8.42 Å². The molecule has 2 aromatic carbocycles. The third-order valence-electron chi connectivity index (χ3n) is 5.38. The molecule has 0 bridgehead atoms. The Morgan fingerprint density at radius 3 is 2.42 bits per heavy atom. The van der Waals surface area contributed by atoms with E-state index in [2.05, 4.69) is 10.6 Å². The molecule has 1 aliphatic heterocycles. The summed E-state index contributed by atoms with van der Waals surface area (Å²) >= 11 is 6.13.